The SMILES string of the molecule is COc1ccc(Cl)cc1N1CCC(NC(=O)c2ccc(-c3nc(C)no3)cc2)C1. The fourth-order valence-corrected chi connectivity index (χ4v) is 3.62. The number of hydrogen-bond donors (Lipinski definition) is 1. The van der Waals surface area contributed by atoms with E-state index in [0.717, 1.165) is 30.0 Å². The lowest BCUT2D eigenvalue weighted by atomic mass is 10.1. The summed E-state index contributed by atoms with van der Waals surface area (Å²) >= 11 is 6.14. The average Bonchev–Trinajstić information content (AvgIpc) is 3.37. The predicted octanol–water partition coefficient (Wildman–Crippen LogP) is 3.72. The monoisotopic (exact) mass is 412 g/mol. The van der Waals surface area contributed by atoms with Crippen molar-refractivity contribution in [1.82, 2.24) is 15.5 Å². The lowest BCUT2D eigenvalue weighted by Gasteiger charge is -2.21. The minimum atomic E-state index is -0.108. The van der Waals surface area contributed by atoms with Gasteiger partial charge in [-0.15, -0.1) is 0 Å². The molecule has 1 atom stereocenters. The second-order valence-corrected chi connectivity index (χ2v) is 7.38. The van der Waals surface area contributed by atoms with Gasteiger partial charge in [0.2, 0.25) is 0 Å². The van der Waals surface area contributed by atoms with Crippen molar-refractivity contribution in [2.75, 3.05) is 25.1 Å². The van der Waals surface area contributed by atoms with Gasteiger partial charge < -0.3 is 19.5 Å². The summed E-state index contributed by atoms with van der Waals surface area (Å²) in [4.78, 5) is 19.0. The molecule has 1 aliphatic rings. The topological polar surface area (TPSA) is 80.5 Å². The van der Waals surface area contributed by atoms with E-state index in [4.69, 9.17) is 20.9 Å². The van der Waals surface area contributed by atoms with Crippen LogP contribution in [0.5, 0.6) is 5.75 Å². The second-order valence-electron chi connectivity index (χ2n) is 6.95. The van der Waals surface area contributed by atoms with E-state index in [1.165, 1.54) is 0 Å². The van der Waals surface area contributed by atoms with Crippen molar-refractivity contribution in [3.05, 3.63) is 58.9 Å². The molecule has 2 aromatic carbocycles. The molecule has 1 unspecified atom stereocenters. The summed E-state index contributed by atoms with van der Waals surface area (Å²) in [7, 11) is 1.64. The van der Waals surface area contributed by atoms with Crippen LogP contribution in [0.2, 0.25) is 5.02 Å². The molecule has 150 valence electrons. The molecule has 0 spiro atoms. The third-order valence-corrected chi connectivity index (χ3v) is 5.16. The Morgan fingerprint density at radius 3 is 2.76 bits per heavy atom. The number of halogens is 1. The van der Waals surface area contributed by atoms with Crippen LogP contribution in [-0.4, -0.2) is 42.3 Å². The quantitative estimate of drug-likeness (QED) is 0.688. The number of amides is 1. The van der Waals surface area contributed by atoms with Crippen molar-refractivity contribution in [2.45, 2.75) is 19.4 Å². The number of nitrogens with zero attached hydrogens (tertiary/aromatic N) is 3. The Bertz CT molecular complexity index is 1020. The Morgan fingerprint density at radius 2 is 2.07 bits per heavy atom. The largest absolute Gasteiger partial charge is 0.495 e. The summed E-state index contributed by atoms with van der Waals surface area (Å²) in [6.07, 6.45) is 0.848. The standard InChI is InChI=1S/C21H21ClN4O3/c1-13-23-21(29-25-13)15-5-3-14(4-6-15)20(27)24-17-9-10-26(12-17)18-11-16(22)7-8-19(18)28-2/h3-8,11,17H,9-10,12H2,1-2H3,(H,24,27). The maximum absolute atomic E-state index is 12.6. The molecule has 0 bridgehead atoms. The third kappa shape index (κ3) is 4.19. The maximum atomic E-state index is 12.6. The highest BCUT2D eigenvalue weighted by molar-refractivity contribution is 6.30. The molecule has 1 saturated heterocycles. The number of aryl methyl sites for hydroxylation is 1. The summed E-state index contributed by atoms with van der Waals surface area (Å²) in [5, 5.41) is 7.54. The number of carbonyl (C=O) groups excluding carboxylic acids is 1. The molecule has 0 aliphatic carbocycles. The van der Waals surface area contributed by atoms with E-state index in [9.17, 15) is 4.79 Å². The predicted molar refractivity (Wildman–Crippen MR) is 111 cm³/mol. The minimum absolute atomic E-state index is 0.0458. The van der Waals surface area contributed by atoms with Gasteiger partial charge in [0, 0.05) is 35.3 Å². The van der Waals surface area contributed by atoms with E-state index in [-0.39, 0.29) is 11.9 Å². The highest BCUT2D eigenvalue weighted by atomic mass is 35.5. The zero-order valence-electron chi connectivity index (χ0n) is 16.2. The molecule has 1 N–H and O–H groups in total. The summed E-state index contributed by atoms with van der Waals surface area (Å²) in [5.74, 6) is 1.68. The summed E-state index contributed by atoms with van der Waals surface area (Å²) in [6.45, 7) is 3.28. The van der Waals surface area contributed by atoms with Gasteiger partial charge in [-0.1, -0.05) is 16.8 Å². The van der Waals surface area contributed by atoms with Crippen LogP contribution in [0.15, 0.2) is 47.0 Å². The van der Waals surface area contributed by atoms with Gasteiger partial charge in [0.25, 0.3) is 11.8 Å². The van der Waals surface area contributed by atoms with Crippen LogP contribution in [0.3, 0.4) is 0 Å². The summed E-state index contributed by atoms with van der Waals surface area (Å²) in [5.41, 5.74) is 2.31. The van der Waals surface area contributed by atoms with Crippen LogP contribution in [0.25, 0.3) is 11.5 Å². The molecular formula is C21H21ClN4O3. The molecule has 3 aromatic rings. The molecule has 0 radical (unpaired) electrons. The van der Waals surface area contributed by atoms with Crippen molar-refractivity contribution in [3.63, 3.8) is 0 Å². The third-order valence-electron chi connectivity index (χ3n) is 4.93. The van der Waals surface area contributed by atoms with E-state index < -0.39 is 0 Å². The zero-order chi connectivity index (χ0) is 20.4. The molecule has 1 amide bonds. The number of rotatable bonds is 5. The number of ether oxygens (including phenoxy) is 1. The van der Waals surface area contributed by atoms with Crippen LogP contribution in [0.1, 0.15) is 22.6 Å². The van der Waals surface area contributed by atoms with E-state index in [1.807, 2.05) is 12.1 Å². The van der Waals surface area contributed by atoms with Gasteiger partial charge in [-0.2, -0.15) is 4.98 Å². The highest BCUT2D eigenvalue weighted by Gasteiger charge is 2.26. The van der Waals surface area contributed by atoms with Gasteiger partial charge in [-0.25, -0.2) is 0 Å². The van der Waals surface area contributed by atoms with Crippen LogP contribution < -0.4 is 15.0 Å². The molecule has 29 heavy (non-hydrogen) atoms. The Hall–Kier alpha value is -3.06. The van der Waals surface area contributed by atoms with E-state index in [2.05, 4.69) is 20.4 Å². The van der Waals surface area contributed by atoms with Gasteiger partial charge in [0.1, 0.15) is 5.75 Å². The molecule has 4 rings (SSSR count). The lowest BCUT2D eigenvalue weighted by molar-refractivity contribution is 0.0940. The van der Waals surface area contributed by atoms with Gasteiger partial charge >= 0.3 is 0 Å². The molecule has 2 heterocycles. The molecule has 1 fully saturated rings. The first kappa shape index (κ1) is 19.3. The normalized spacial score (nSPS) is 16.1. The maximum Gasteiger partial charge on any atom is 0.257 e. The first-order valence-corrected chi connectivity index (χ1v) is 9.71. The number of nitrogens with one attached hydrogen (secondary N) is 1. The lowest BCUT2D eigenvalue weighted by Crippen LogP contribution is -2.37. The number of anilines is 1. The minimum Gasteiger partial charge on any atom is -0.495 e. The Balaban J connectivity index is 1.40. The highest BCUT2D eigenvalue weighted by Crippen LogP contribution is 2.33. The Kier molecular flexibility index (Phi) is 5.40. The second kappa shape index (κ2) is 8.13. The Labute approximate surface area is 173 Å². The van der Waals surface area contributed by atoms with E-state index in [0.29, 0.717) is 28.8 Å². The van der Waals surface area contributed by atoms with Crippen molar-refractivity contribution in [2.24, 2.45) is 0 Å². The number of benzene rings is 2. The fourth-order valence-electron chi connectivity index (χ4n) is 3.45. The number of methoxy groups -OCH3 is 1. The number of hydrogen-bond acceptors (Lipinski definition) is 6. The Morgan fingerprint density at radius 1 is 1.28 bits per heavy atom. The molecule has 7 nitrogen and oxygen atoms in total. The number of aromatic nitrogens is 2. The molecule has 0 saturated carbocycles. The van der Waals surface area contributed by atoms with Crippen LogP contribution >= 0.6 is 11.6 Å². The summed E-state index contributed by atoms with van der Waals surface area (Å²) < 4.78 is 10.6. The van der Waals surface area contributed by atoms with Crippen LogP contribution in [0, 0.1) is 6.92 Å². The molecule has 8 heteroatoms. The van der Waals surface area contributed by atoms with E-state index >= 15 is 0 Å². The summed E-state index contributed by atoms with van der Waals surface area (Å²) in [6, 6.07) is 12.7. The van der Waals surface area contributed by atoms with Crippen molar-refractivity contribution < 1.29 is 14.1 Å². The van der Waals surface area contributed by atoms with Crippen molar-refractivity contribution in [3.8, 4) is 17.2 Å². The average molecular weight is 413 g/mol. The number of carbonyl (C=O) groups is 1. The van der Waals surface area contributed by atoms with Crippen molar-refractivity contribution in [1.29, 1.82) is 0 Å². The van der Waals surface area contributed by atoms with Crippen LogP contribution in [-0.2, 0) is 0 Å². The van der Waals surface area contributed by atoms with Gasteiger partial charge in [-0.05, 0) is 55.8 Å². The van der Waals surface area contributed by atoms with Gasteiger partial charge in [0.15, 0.2) is 5.82 Å². The first-order valence-electron chi connectivity index (χ1n) is 9.33. The molecular weight excluding hydrogens is 392 g/mol. The zero-order valence-corrected chi connectivity index (χ0v) is 16.9. The first-order chi connectivity index (χ1) is 14.0. The molecule has 1 aliphatic heterocycles. The fraction of sp³-hybridized carbons (Fsp3) is 0.286. The molecule has 1 aromatic heterocycles. The van der Waals surface area contributed by atoms with E-state index in [1.54, 1.807) is 44.4 Å². The van der Waals surface area contributed by atoms with Gasteiger partial charge in [0.05, 0.1) is 12.8 Å². The smallest absolute Gasteiger partial charge is 0.257 e. The van der Waals surface area contributed by atoms with Crippen LogP contribution in [0.4, 0.5) is 5.69 Å². The van der Waals surface area contributed by atoms with Gasteiger partial charge in [-0.3, -0.25) is 4.79 Å². The van der Waals surface area contributed by atoms with Crippen molar-refractivity contribution >= 4 is 23.2 Å².